The molecule has 4 atom stereocenters. The first-order chi connectivity index (χ1) is 22.1. The van der Waals surface area contributed by atoms with Crippen molar-refractivity contribution in [3.05, 3.63) is 95.6 Å². The van der Waals surface area contributed by atoms with E-state index in [9.17, 15) is 19.2 Å². The number of rotatable bonds is 17. The highest BCUT2D eigenvalue weighted by Gasteiger charge is 2.50. The molecule has 3 amide bonds. The van der Waals surface area contributed by atoms with Gasteiger partial charge in [0.25, 0.3) is 0 Å². The lowest BCUT2D eigenvalue weighted by Crippen LogP contribution is -2.58. The van der Waals surface area contributed by atoms with Crippen molar-refractivity contribution >= 4 is 34.9 Å². The summed E-state index contributed by atoms with van der Waals surface area (Å²) in [7, 11) is 0. The number of anilines is 2. The molecule has 0 aromatic heterocycles. The van der Waals surface area contributed by atoms with Crippen molar-refractivity contribution < 1.29 is 23.9 Å². The van der Waals surface area contributed by atoms with E-state index in [-0.39, 0.29) is 37.6 Å². The van der Waals surface area contributed by atoms with Crippen LogP contribution in [-0.2, 0) is 43.2 Å². The van der Waals surface area contributed by atoms with E-state index >= 15 is 0 Å². The van der Waals surface area contributed by atoms with Crippen molar-refractivity contribution in [3.63, 3.8) is 0 Å². The largest absolute Gasteiger partial charge is 0.399 e. The van der Waals surface area contributed by atoms with Crippen molar-refractivity contribution in [2.45, 2.75) is 82.5 Å². The number of ether oxygens (including phenoxy) is 1. The number of benzene rings is 3. The van der Waals surface area contributed by atoms with Crippen molar-refractivity contribution in [2.75, 3.05) is 18.1 Å². The van der Waals surface area contributed by atoms with Gasteiger partial charge in [-0.2, -0.15) is 0 Å². The Kier molecular flexibility index (Phi) is 11.9. The number of unbranched alkanes of at least 4 members (excludes halogenated alkanes) is 2. The second-order valence-electron chi connectivity index (χ2n) is 12.2. The third kappa shape index (κ3) is 10.2. The molecule has 1 aliphatic rings. The van der Waals surface area contributed by atoms with Crippen LogP contribution in [0.15, 0.2) is 78.9 Å². The number of nitrogens with two attached hydrogens (primary N) is 2. The van der Waals surface area contributed by atoms with Gasteiger partial charge >= 0.3 is 0 Å². The maximum atomic E-state index is 14.0. The first kappa shape index (κ1) is 34.2. The van der Waals surface area contributed by atoms with E-state index in [2.05, 4.69) is 22.9 Å². The second-order valence-corrected chi connectivity index (χ2v) is 12.2. The van der Waals surface area contributed by atoms with Gasteiger partial charge in [0.15, 0.2) is 5.78 Å². The van der Waals surface area contributed by atoms with E-state index in [4.69, 9.17) is 16.2 Å². The molecule has 46 heavy (non-hydrogen) atoms. The Morgan fingerprint density at radius 3 is 1.65 bits per heavy atom. The number of carbonyl (C=O) groups excluding carboxylic acids is 4. The molecule has 3 aromatic carbocycles. The molecular formula is C36H45N5O5. The number of nitrogen functional groups attached to an aromatic ring is 2. The van der Waals surface area contributed by atoms with Crippen molar-refractivity contribution in [1.82, 2.24) is 16.0 Å². The first-order valence-electron chi connectivity index (χ1n) is 15.9. The summed E-state index contributed by atoms with van der Waals surface area (Å²) in [5.41, 5.74) is 14.4. The maximum Gasteiger partial charge on any atom is 0.243 e. The summed E-state index contributed by atoms with van der Waals surface area (Å²) in [6.07, 6.45) is 3.46. The van der Waals surface area contributed by atoms with Gasteiger partial charge in [-0.05, 0) is 60.7 Å². The average Bonchev–Trinajstić information content (AvgIpc) is 3.80. The van der Waals surface area contributed by atoms with E-state index in [1.54, 1.807) is 55.5 Å². The van der Waals surface area contributed by atoms with Crippen LogP contribution in [0.5, 0.6) is 0 Å². The molecule has 1 saturated heterocycles. The van der Waals surface area contributed by atoms with Crippen molar-refractivity contribution in [1.29, 1.82) is 0 Å². The number of nitrogens with one attached hydrogen (secondary N) is 3. The Balaban J connectivity index is 1.57. The van der Waals surface area contributed by atoms with E-state index in [1.807, 2.05) is 30.3 Å². The van der Waals surface area contributed by atoms with Crippen LogP contribution >= 0.6 is 0 Å². The normalized spacial score (nSPS) is 17.3. The molecule has 7 N–H and O–H groups in total. The van der Waals surface area contributed by atoms with Crippen LogP contribution in [0, 0.1) is 0 Å². The summed E-state index contributed by atoms with van der Waals surface area (Å²) < 4.78 is 5.43. The van der Waals surface area contributed by atoms with Gasteiger partial charge in [-0.15, -0.1) is 0 Å². The molecule has 0 radical (unpaired) electrons. The van der Waals surface area contributed by atoms with Crippen LogP contribution in [0.4, 0.5) is 11.4 Å². The fourth-order valence-electron chi connectivity index (χ4n) is 5.22. The quantitative estimate of drug-likeness (QED) is 0.0869. The summed E-state index contributed by atoms with van der Waals surface area (Å²) in [6, 6.07) is 20.6. The van der Waals surface area contributed by atoms with Crippen LogP contribution < -0.4 is 27.4 Å². The summed E-state index contributed by atoms with van der Waals surface area (Å²) in [6.45, 7) is 4.04. The maximum absolute atomic E-state index is 14.0. The summed E-state index contributed by atoms with van der Waals surface area (Å²) >= 11 is 0. The highest BCUT2D eigenvalue weighted by atomic mass is 16.6. The van der Waals surface area contributed by atoms with Crippen LogP contribution in [-0.4, -0.2) is 53.8 Å². The fraction of sp³-hybridized carbons (Fsp3) is 0.389. The predicted molar refractivity (Wildman–Crippen MR) is 179 cm³/mol. The monoisotopic (exact) mass is 627 g/mol. The minimum absolute atomic E-state index is 0.136. The van der Waals surface area contributed by atoms with Gasteiger partial charge < -0.3 is 32.2 Å². The number of hydrogen-bond donors (Lipinski definition) is 5. The Labute approximate surface area is 270 Å². The number of carbonyl (C=O) groups is 4. The molecular weight excluding hydrogens is 582 g/mol. The van der Waals surface area contributed by atoms with E-state index in [0.717, 1.165) is 29.5 Å². The minimum Gasteiger partial charge on any atom is -0.399 e. The molecule has 4 rings (SSSR count). The van der Waals surface area contributed by atoms with Crippen molar-refractivity contribution in [2.24, 2.45) is 0 Å². The Bertz CT molecular complexity index is 1470. The standard InChI is InChI=1S/C36H45N5O5/c1-3-4-6-11-32(42)39-30(21-25-12-16-27(37)17-13-25)34(44)41-31(22-26-14-18-28(38)19-15-26)35(45)40-29(33(43)36(2)23-46-36)20-24-9-7-5-8-10-24/h5,7-10,12-19,29-31H,3-4,6,11,20-23,37-38H2,1-2H3,(H,39,42)(H,40,45)(H,41,44)/t29-,30-,31-,36+/m0/s1. The Hall–Kier alpha value is -4.70. The lowest BCUT2D eigenvalue weighted by atomic mass is 9.94. The zero-order chi connectivity index (χ0) is 33.1. The number of amides is 3. The predicted octanol–water partition coefficient (Wildman–Crippen LogP) is 3.27. The molecule has 0 bridgehead atoms. The average molecular weight is 628 g/mol. The highest BCUT2D eigenvalue weighted by Crippen LogP contribution is 2.29. The molecule has 1 aliphatic heterocycles. The SMILES string of the molecule is CCCCCC(=O)N[C@@H](Cc1ccc(N)cc1)C(=O)N[C@@H](Cc1ccc(N)cc1)C(=O)N[C@@H](Cc1ccccc1)C(=O)[C@@]1(C)CO1. The van der Waals surface area contributed by atoms with Gasteiger partial charge in [0.05, 0.1) is 12.6 Å². The topological polar surface area (TPSA) is 169 Å². The Morgan fingerprint density at radius 1 is 0.696 bits per heavy atom. The third-order valence-electron chi connectivity index (χ3n) is 8.15. The molecule has 3 aromatic rings. The number of hydrogen-bond acceptors (Lipinski definition) is 7. The lowest BCUT2D eigenvalue weighted by molar-refractivity contribution is -0.134. The molecule has 1 heterocycles. The number of epoxide rings is 1. The summed E-state index contributed by atoms with van der Waals surface area (Å²) in [5.74, 6) is -1.51. The zero-order valence-electron chi connectivity index (χ0n) is 26.6. The molecule has 244 valence electrons. The van der Waals surface area contributed by atoms with Gasteiger partial charge in [-0.3, -0.25) is 19.2 Å². The van der Waals surface area contributed by atoms with Gasteiger partial charge in [-0.25, -0.2) is 0 Å². The van der Waals surface area contributed by atoms with Gasteiger partial charge in [0.1, 0.15) is 17.7 Å². The molecule has 0 unspecified atom stereocenters. The molecule has 0 spiro atoms. The minimum atomic E-state index is -1.05. The molecule has 10 nitrogen and oxygen atoms in total. The lowest BCUT2D eigenvalue weighted by Gasteiger charge is -2.26. The smallest absolute Gasteiger partial charge is 0.243 e. The van der Waals surface area contributed by atoms with Crippen LogP contribution in [0.2, 0.25) is 0 Å². The molecule has 0 aliphatic carbocycles. The third-order valence-corrected chi connectivity index (χ3v) is 8.15. The van der Waals surface area contributed by atoms with E-state index < -0.39 is 35.5 Å². The fourth-order valence-corrected chi connectivity index (χ4v) is 5.22. The summed E-state index contributed by atoms with van der Waals surface area (Å²) in [5, 5.41) is 8.67. The van der Waals surface area contributed by atoms with Crippen LogP contribution in [0.3, 0.4) is 0 Å². The van der Waals surface area contributed by atoms with Crippen LogP contribution in [0.25, 0.3) is 0 Å². The second kappa shape index (κ2) is 16.0. The summed E-state index contributed by atoms with van der Waals surface area (Å²) in [4.78, 5) is 54.2. The molecule has 1 fully saturated rings. The first-order valence-corrected chi connectivity index (χ1v) is 15.9. The van der Waals surface area contributed by atoms with Gasteiger partial charge in [0, 0.05) is 30.6 Å². The molecule has 0 saturated carbocycles. The van der Waals surface area contributed by atoms with Crippen LogP contribution in [0.1, 0.15) is 56.2 Å². The Morgan fingerprint density at radius 2 is 1.15 bits per heavy atom. The highest BCUT2D eigenvalue weighted by molar-refractivity contribution is 5.98. The van der Waals surface area contributed by atoms with E-state index in [1.165, 1.54) is 0 Å². The zero-order valence-corrected chi connectivity index (χ0v) is 26.6. The number of ketones is 1. The van der Waals surface area contributed by atoms with Crippen molar-refractivity contribution in [3.8, 4) is 0 Å². The van der Waals surface area contributed by atoms with Gasteiger partial charge in [0.2, 0.25) is 17.7 Å². The van der Waals surface area contributed by atoms with E-state index in [0.29, 0.717) is 24.2 Å². The molecule has 10 heteroatoms. The number of Topliss-reactive ketones (excluding diaryl/α,β-unsaturated/α-hetero) is 1. The van der Waals surface area contributed by atoms with Gasteiger partial charge in [-0.1, -0.05) is 74.4 Å².